The Morgan fingerprint density at radius 2 is 2.13 bits per heavy atom. The van der Waals surface area contributed by atoms with Crippen LogP contribution in [0.2, 0.25) is 5.02 Å². The molecule has 5 nitrogen and oxygen atoms in total. The van der Waals surface area contributed by atoms with E-state index in [1.54, 1.807) is 24.3 Å². The fourth-order valence-electron chi connectivity index (χ4n) is 1.74. The first-order valence-corrected chi connectivity index (χ1v) is 7.88. The minimum Gasteiger partial charge on any atom is -0.484 e. The maximum absolute atomic E-state index is 12.1. The van der Waals surface area contributed by atoms with E-state index in [-0.39, 0.29) is 23.3 Å². The van der Waals surface area contributed by atoms with Gasteiger partial charge in [-0.1, -0.05) is 11.6 Å². The zero-order valence-electron chi connectivity index (χ0n) is 12.3. The Hall–Kier alpha value is -2.36. The summed E-state index contributed by atoms with van der Waals surface area (Å²) in [6, 6.07) is 10.1. The number of ether oxygens (including phenoxy) is 1. The van der Waals surface area contributed by atoms with E-state index in [1.807, 2.05) is 6.07 Å². The number of rotatable bonds is 6. The van der Waals surface area contributed by atoms with Gasteiger partial charge in [-0.3, -0.25) is 9.59 Å². The van der Waals surface area contributed by atoms with Crippen LogP contribution >= 0.6 is 22.9 Å². The van der Waals surface area contributed by atoms with Crippen molar-refractivity contribution in [1.82, 2.24) is 5.32 Å². The van der Waals surface area contributed by atoms with Crippen molar-refractivity contribution in [2.24, 2.45) is 0 Å². The van der Waals surface area contributed by atoms with Crippen LogP contribution in [0.25, 0.3) is 0 Å². The molecule has 0 radical (unpaired) electrons. The van der Waals surface area contributed by atoms with Crippen molar-refractivity contribution in [2.75, 3.05) is 6.61 Å². The first-order chi connectivity index (χ1) is 11.0. The van der Waals surface area contributed by atoms with E-state index in [1.165, 1.54) is 24.3 Å². The van der Waals surface area contributed by atoms with Crippen LogP contribution in [0.5, 0.6) is 5.75 Å². The fourth-order valence-corrected chi connectivity index (χ4v) is 2.84. The predicted octanol–water partition coefficient (Wildman–Crippen LogP) is 3.17. The zero-order valence-corrected chi connectivity index (χ0v) is 13.8. The number of amides is 1. The molecule has 0 saturated heterocycles. The molecular formula is C16H13ClN2O3S. The van der Waals surface area contributed by atoms with Crippen molar-refractivity contribution in [3.63, 3.8) is 0 Å². The van der Waals surface area contributed by atoms with Gasteiger partial charge in [0.05, 0.1) is 28.1 Å². The number of nitrogens with zero attached hydrogens (tertiary/aromatic N) is 1. The summed E-state index contributed by atoms with van der Waals surface area (Å²) in [4.78, 5) is 24.4. The molecule has 0 unspecified atom stereocenters. The summed E-state index contributed by atoms with van der Waals surface area (Å²) in [5, 5.41) is 11.7. The molecule has 2 rings (SSSR count). The summed E-state index contributed by atoms with van der Waals surface area (Å²) < 4.78 is 5.41. The Labute approximate surface area is 142 Å². The van der Waals surface area contributed by atoms with Crippen molar-refractivity contribution in [3.05, 3.63) is 50.7 Å². The van der Waals surface area contributed by atoms with Gasteiger partial charge < -0.3 is 10.1 Å². The van der Waals surface area contributed by atoms with Crippen molar-refractivity contribution >= 4 is 34.6 Å². The molecule has 2 aromatic rings. The molecule has 0 fully saturated rings. The summed E-state index contributed by atoms with van der Waals surface area (Å²) in [5.74, 6) is 0.0589. The third-order valence-electron chi connectivity index (χ3n) is 2.87. The number of nitriles is 1. The molecule has 0 aliphatic carbocycles. The second-order valence-corrected chi connectivity index (χ2v) is 6.22. The van der Waals surface area contributed by atoms with Gasteiger partial charge in [-0.05, 0) is 30.3 Å². The fraction of sp³-hybridized carbons (Fsp3) is 0.188. The van der Waals surface area contributed by atoms with Crippen LogP contribution < -0.4 is 10.1 Å². The second-order valence-electron chi connectivity index (χ2n) is 4.64. The van der Waals surface area contributed by atoms with Crippen LogP contribution in [0.4, 0.5) is 0 Å². The molecule has 0 aliphatic rings. The lowest BCUT2D eigenvalue weighted by molar-refractivity contribution is -0.119. The number of hydrogen-bond acceptors (Lipinski definition) is 5. The lowest BCUT2D eigenvalue weighted by atomic mass is 10.2. The first-order valence-electron chi connectivity index (χ1n) is 6.68. The SMILES string of the molecule is CC(=O)NCc1ccc(C(=O)COc2ccc(C#N)cc2Cl)s1. The molecule has 118 valence electrons. The number of hydrogen-bond donors (Lipinski definition) is 1. The Kier molecular flexibility index (Phi) is 5.74. The molecule has 1 heterocycles. The number of ketones is 1. The van der Waals surface area contributed by atoms with E-state index in [4.69, 9.17) is 21.6 Å². The van der Waals surface area contributed by atoms with Crippen LogP contribution in [-0.4, -0.2) is 18.3 Å². The van der Waals surface area contributed by atoms with Crippen molar-refractivity contribution in [3.8, 4) is 11.8 Å². The van der Waals surface area contributed by atoms with Crippen LogP contribution in [-0.2, 0) is 11.3 Å². The summed E-state index contributed by atoms with van der Waals surface area (Å²) >= 11 is 7.30. The Balaban J connectivity index is 1.95. The molecule has 0 bridgehead atoms. The van der Waals surface area contributed by atoms with E-state index < -0.39 is 0 Å². The molecule has 1 N–H and O–H groups in total. The minimum absolute atomic E-state index is 0.120. The van der Waals surface area contributed by atoms with Gasteiger partial charge >= 0.3 is 0 Å². The minimum atomic E-state index is -0.176. The zero-order chi connectivity index (χ0) is 16.8. The lowest BCUT2D eigenvalue weighted by Crippen LogP contribution is -2.18. The number of carbonyl (C=O) groups excluding carboxylic acids is 2. The topological polar surface area (TPSA) is 79.2 Å². The largest absolute Gasteiger partial charge is 0.484 e. The number of halogens is 1. The van der Waals surface area contributed by atoms with Gasteiger partial charge in [0.2, 0.25) is 11.7 Å². The summed E-state index contributed by atoms with van der Waals surface area (Å²) in [5.41, 5.74) is 0.426. The summed E-state index contributed by atoms with van der Waals surface area (Å²) in [6.45, 7) is 1.69. The third kappa shape index (κ3) is 4.81. The number of carbonyl (C=O) groups is 2. The monoisotopic (exact) mass is 348 g/mol. The highest BCUT2D eigenvalue weighted by atomic mass is 35.5. The summed E-state index contributed by atoms with van der Waals surface area (Å²) in [6.07, 6.45) is 0. The molecule has 23 heavy (non-hydrogen) atoms. The van der Waals surface area contributed by atoms with Gasteiger partial charge in [0.1, 0.15) is 5.75 Å². The highest BCUT2D eigenvalue weighted by Crippen LogP contribution is 2.25. The third-order valence-corrected chi connectivity index (χ3v) is 4.29. The van der Waals surface area contributed by atoms with Gasteiger partial charge in [-0.15, -0.1) is 11.3 Å². The van der Waals surface area contributed by atoms with Gasteiger partial charge in [-0.2, -0.15) is 5.26 Å². The average molecular weight is 349 g/mol. The standard InChI is InChI=1S/C16H13ClN2O3S/c1-10(20)19-8-12-3-5-16(23-12)14(21)9-22-15-4-2-11(7-18)6-13(15)17/h2-6H,8-9H2,1H3,(H,19,20). The van der Waals surface area contributed by atoms with E-state index in [9.17, 15) is 9.59 Å². The normalized spacial score (nSPS) is 9.96. The second kappa shape index (κ2) is 7.77. The predicted molar refractivity (Wildman–Crippen MR) is 87.8 cm³/mol. The van der Waals surface area contributed by atoms with E-state index in [0.29, 0.717) is 22.7 Å². The molecule has 1 amide bonds. The molecule has 0 aliphatic heterocycles. The van der Waals surface area contributed by atoms with E-state index >= 15 is 0 Å². The highest BCUT2D eigenvalue weighted by molar-refractivity contribution is 7.14. The van der Waals surface area contributed by atoms with Crippen molar-refractivity contribution in [2.45, 2.75) is 13.5 Å². The number of Topliss-reactive ketones (excluding diaryl/α,β-unsaturated/α-hetero) is 1. The van der Waals surface area contributed by atoms with Crippen LogP contribution in [0, 0.1) is 11.3 Å². The first kappa shape index (κ1) is 17.0. The van der Waals surface area contributed by atoms with E-state index in [0.717, 1.165) is 4.88 Å². The van der Waals surface area contributed by atoms with Crippen molar-refractivity contribution < 1.29 is 14.3 Å². The maximum Gasteiger partial charge on any atom is 0.217 e. The number of benzene rings is 1. The Morgan fingerprint density at radius 1 is 1.35 bits per heavy atom. The number of nitrogens with one attached hydrogen (secondary N) is 1. The molecule has 1 aromatic heterocycles. The van der Waals surface area contributed by atoms with Crippen LogP contribution in [0.15, 0.2) is 30.3 Å². The Bertz CT molecular complexity index is 780. The maximum atomic E-state index is 12.1. The Morgan fingerprint density at radius 3 is 2.78 bits per heavy atom. The molecule has 7 heteroatoms. The molecule has 0 atom stereocenters. The van der Waals surface area contributed by atoms with Crippen LogP contribution in [0.3, 0.4) is 0 Å². The number of thiophene rings is 1. The van der Waals surface area contributed by atoms with Gasteiger partial charge in [-0.25, -0.2) is 0 Å². The smallest absolute Gasteiger partial charge is 0.217 e. The van der Waals surface area contributed by atoms with Gasteiger partial charge in [0, 0.05) is 11.8 Å². The lowest BCUT2D eigenvalue weighted by Gasteiger charge is -2.06. The molecule has 1 aromatic carbocycles. The summed E-state index contributed by atoms with van der Waals surface area (Å²) in [7, 11) is 0. The van der Waals surface area contributed by atoms with Gasteiger partial charge in [0.15, 0.2) is 6.61 Å². The molecule has 0 saturated carbocycles. The highest BCUT2D eigenvalue weighted by Gasteiger charge is 2.12. The molecule has 0 spiro atoms. The van der Waals surface area contributed by atoms with Crippen LogP contribution in [0.1, 0.15) is 27.0 Å². The molecular weight excluding hydrogens is 336 g/mol. The van der Waals surface area contributed by atoms with Gasteiger partial charge in [0.25, 0.3) is 0 Å². The van der Waals surface area contributed by atoms with Crippen molar-refractivity contribution in [1.29, 1.82) is 5.26 Å². The quantitative estimate of drug-likeness (QED) is 0.813. The average Bonchev–Trinajstić information content (AvgIpc) is 3.00. The van der Waals surface area contributed by atoms with E-state index in [2.05, 4.69) is 5.32 Å².